The third-order valence-corrected chi connectivity index (χ3v) is 2.66. The zero-order chi connectivity index (χ0) is 13.7. The molecule has 2 N–H and O–H groups in total. The molecule has 1 aromatic heterocycles. The molecule has 0 saturated heterocycles. The monoisotopic (exact) mass is 265 g/mol. The Bertz CT molecular complexity index is 542. The first-order chi connectivity index (χ1) is 9.22. The maximum Gasteiger partial charge on any atom is 0.167 e. The van der Waals surface area contributed by atoms with E-state index in [2.05, 4.69) is 10.4 Å². The van der Waals surface area contributed by atoms with Crippen molar-refractivity contribution in [2.75, 3.05) is 19.0 Å². The summed E-state index contributed by atoms with van der Waals surface area (Å²) in [5.41, 5.74) is 1.64. The molecule has 1 aromatic carbocycles. The van der Waals surface area contributed by atoms with Crippen LogP contribution >= 0.6 is 0 Å². The summed E-state index contributed by atoms with van der Waals surface area (Å²) < 4.78 is 20.0. The van der Waals surface area contributed by atoms with Crippen LogP contribution in [0.25, 0.3) is 0 Å². The third-order valence-electron chi connectivity index (χ3n) is 2.66. The van der Waals surface area contributed by atoms with E-state index >= 15 is 0 Å². The van der Waals surface area contributed by atoms with Crippen LogP contribution in [-0.2, 0) is 13.1 Å². The number of nitrogens with one attached hydrogen (secondary N) is 1. The lowest BCUT2D eigenvalue weighted by Crippen LogP contribution is -2.02. The van der Waals surface area contributed by atoms with Crippen LogP contribution in [0.4, 0.5) is 10.1 Å². The third kappa shape index (κ3) is 3.45. The number of aliphatic hydroxyl groups excluding tert-OH is 1. The fourth-order valence-corrected chi connectivity index (χ4v) is 1.70. The second kappa shape index (κ2) is 6.19. The topological polar surface area (TPSA) is 59.3 Å². The normalized spacial score (nSPS) is 10.5. The number of hydrogen-bond acceptors (Lipinski definition) is 4. The standard InChI is InChI=1S/C13H16FN3O2/c1-19-13-3-2-11(6-12(13)14)15-7-10-8-16-17(9-10)4-5-18/h2-3,6,8-9,15,18H,4-5,7H2,1H3. The number of anilines is 1. The Hall–Kier alpha value is -2.08. The Morgan fingerprint density at radius 3 is 3.00 bits per heavy atom. The van der Waals surface area contributed by atoms with Crippen molar-refractivity contribution in [1.29, 1.82) is 0 Å². The quantitative estimate of drug-likeness (QED) is 0.833. The number of nitrogens with zero attached hydrogens (tertiary/aromatic N) is 2. The van der Waals surface area contributed by atoms with Gasteiger partial charge in [-0.15, -0.1) is 0 Å². The minimum absolute atomic E-state index is 0.0538. The van der Waals surface area contributed by atoms with E-state index < -0.39 is 5.82 Å². The number of ether oxygens (including phenoxy) is 1. The van der Waals surface area contributed by atoms with E-state index in [1.807, 2.05) is 6.20 Å². The second-order valence-corrected chi connectivity index (χ2v) is 4.04. The van der Waals surface area contributed by atoms with Gasteiger partial charge < -0.3 is 15.2 Å². The van der Waals surface area contributed by atoms with Crippen LogP contribution in [0.3, 0.4) is 0 Å². The molecule has 0 aliphatic rings. The predicted molar refractivity (Wildman–Crippen MR) is 69.6 cm³/mol. The molecule has 0 amide bonds. The van der Waals surface area contributed by atoms with Gasteiger partial charge in [-0.2, -0.15) is 5.10 Å². The van der Waals surface area contributed by atoms with Gasteiger partial charge in [0.25, 0.3) is 0 Å². The lowest BCUT2D eigenvalue weighted by atomic mass is 10.2. The highest BCUT2D eigenvalue weighted by molar-refractivity contribution is 5.47. The largest absolute Gasteiger partial charge is 0.494 e. The van der Waals surface area contributed by atoms with Gasteiger partial charge in [0, 0.05) is 30.1 Å². The first kappa shape index (κ1) is 13.4. The Labute approximate surface area is 110 Å². The van der Waals surface area contributed by atoms with Crippen molar-refractivity contribution in [3.63, 3.8) is 0 Å². The van der Waals surface area contributed by atoms with Crippen LogP contribution in [0.1, 0.15) is 5.56 Å². The summed E-state index contributed by atoms with van der Waals surface area (Å²) in [6.45, 7) is 1.06. The molecular weight excluding hydrogens is 249 g/mol. The summed E-state index contributed by atoms with van der Waals surface area (Å²) in [5, 5.41) is 16.0. The SMILES string of the molecule is COc1ccc(NCc2cnn(CCO)c2)cc1F. The summed E-state index contributed by atoms with van der Waals surface area (Å²) in [4.78, 5) is 0. The van der Waals surface area contributed by atoms with Crippen molar-refractivity contribution >= 4 is 5.69 Å². The average molecular weight is 265 g/mol. The van der Waals surface area contributed by atoms with Crippen LogP contribution in [0, 0.1) is 5.82 Å². The van der Waals surface area contributed by atoms with Crippen molar-refractivity contribution < 1.29 is 14.2 Å². The lowest BCUT2D eigenvalue weighted by Gasteiger charge is -2.07. The molecule has 5 nitrogen and oxygen atoms in total. The Morgan fingerprint density at radius 1 is 1.47 bits per heavy atom. The molecule has 0 unspecified atom stereocenters. The van der Waals surface area contributed by atoms with E-state index in [9.17, 15) is 4.39 Å². The molecule has 0 fully saturated rings. The summed E-state index contributed by atoms with van der Waals surface area (Å²) in [6, 6.07) is 4.71. The zero-order valence-corrected chi connectivity index (χ0v) is 10.6. The van der Waals surface area contributed by atoms with E-state index in [0.29, 0.717) is 18.8 Å². The van der Waals surface area contributed by atoms with Gasteiger partial charge in [-0.25, -0.2) is 4.39 Å². The van der Waals surface area contributed by atoms with Gasteiger partial charge in [0.1, 0.15) is 0 Å². The molecule has 2 aromatic rings. The van der Waals surface area contributed by atoms with Crippen molar-refractivity contribution in [2.24, 2.45) is 0 Å². The number of aromatic nitrogens is 2. The van der Waals surface area contributed by atoms with Crippen molar-refractivity contribution in [2.45, 2.75) is 13.1 Å². The smallest absolute Gasteiger partial charge is 0.167 e. The molecule has 0 aliphatic heterocycles. The summed E-state index contributed by atoms with van der Waals surface area (Å²) >= 11 is 0. The molecule has 102 valence electrons. The summed E-state index contributed by atoms with van der Waals surface area (Å²) in [7, 11) is 1.43. The first-order valence-electron chi connectivity index (χ1n) is 5.92. The maximum absolute atomic E-state index is 13.5. The highest BCUT2D eigenvalue weighted by atomic mass is 19.1. The Balaban J connectivity index is 1.95. The van der Waals surface area contributed by atoms with E-state index in [1.165, 1.54) is 13.2 Å². The fourth-order valence-electron chi connectivity index (χ4n) is 1.70. The van der Waals surface area contributed by atoms with E-state index in [0.717, 1.165) is 5.56 Å². The molecule has 0 saturated carbocycles. The number of aliphatic hydroxyl groups is 1. The molecule has 0 atom stereocenters. The molecule has 6 heteroatoms. The van der Waals surface area contributed by atoms with Gasteiger partial charge in [0.05, 0.1) is 26.5 Å². The van der Waals surface area contributed by atoms with Crippen molar-refractivity contribution in [1.82, 2.24) is 9.78 Å². The van der Waals surface area contributed by atoms with Crippen LogP contribution in [0.5, 0.6) is 5.75 Å². The Kier molecular flexibility index (Phi) is 4.35. The minimum Gasteiger partial charge on any atom is -0.494 e. The molecule has 0 bridgehead atoms. The molecule has 1 heterocycles. The predicted octanol–water partition coefficient (Wildman–Crippen LogP) is 1.64. The number of rotatable bonds is 6. The molecule has 0 spiro atoms. The van der Waals surface area contributed by atoms with Gasteiger partial charge in [-0.3, -0.25) is 4.68 Å². The highest BCUT2D eigenvalue weighted by Gasteiger charge is 2.04. The second-order valence-electron chi connectivity index (χ2n) is 4.04. The molecular formula is C13H16FN3O2. The van der Waals surface area contributed by atoms with Gasteiger partial charge in [-0.05, 0) is 12.1 Å². The summed E-state index contributed by atoms with van der Waals surface area (Å²) in [6.07, 6.45) is 3.55. The lowest BCUT2D eigenvalue weighted by molar-refractivity contribution is 0.269. The van der Waals surface area contributed by atoms with Crippen LogP contribution in [-0.4, -0.2) is 28.6 Å². The molecule has 19 heavy (non-hydrogen) atoms. The minimum atomic E-state index is -0.400. The Morgan fingerprint density at radius 2 is 2.32 bits per heavy atom. The molecule has 0 radical (unpaired) electrons. The van der Waals surface area contributed by atoms with Crippen LogP contribution < -0.4 is 10.1 Å². The summed E-state index contributed by atoms with van der Waals surface area (Å²) in [5.74, 6) is -0.176. The van der Waals surface area contributed by atoms with Crippen LogP contribution in [0.15, 0.2) is 30.6 Å². The molecule has 0 aliphatic carbocycles. The molecule has 2 rings (SSSR count). The number of hydrogen-bond donors (Lipinski definition) is 2. The van der Waals surface area contributed by atoms with Gasteiger partial charge >= 0.3 is 0 Å². The number of benzene rings is 1. The van der Waals surface area contributed by atoms with Gasteiger partial charge in [0.15, 0.2) is 11.6 Å². The fraction of sp³-hybridized carbons (Fsp3) is 0.308. The number of methoxy groups -OCH3 is 1. The van der Waals surface area contributed by atoms with Crippen molar-refractivity contribution in [3.8, 4) is 5.75 Å². The first-order valence-corrected chi connectivity index (χ1v) is 5.92. The van der Waals surface area contributed by atoms with Crippen molar-refractivity contribution in [3.05, 3.63) is 42.0 Å². The van der Waals surface area contributed by atoms with Crippen LogP contribution in [0.2, 0.25) is 0 Å². The van der Waals surface area contributed by atoms with Gasteiger partial charge in [-0.1, -0.05) is 0 Å². The van der Waals surface area contributed by atoms with Gasteiger partial charge in [0.2, 0.25) is 0 Å². The zero-order valence-electron chi connectivity index (χ0n) is 10.6. The van der Waals surface area contributed by atoms with E-state index in [-0.39, 0.29) is 12.4 Å². The average Bonchev–Trinajstić information content (AvgIpc) is 2.85. The number of halogens is 1. The maximum atomic E-state index is 13.5. The highest BCUT2D eigenvalue weighted by Crippen LogP contribution is 2.20. The van der Waals surface area contributed by atoms with E-state index in [4.69, 9.17) is 9.84 Å². The van der Waals surface area contributed by atoms with E-state index in [1.54, 1.807) is 23.0 Å².